The molecule has 3 rings (SSSR count). The maximum Gasteiger partial charge on any atom is 0.0918 e. The third-order valence-electron chi connectivity index (χ3n) is 3.80. The molecule has 0 bridgehead atoms. The third kappa shape index (κ3) is 1.57. The van der Waals surface area contributed by atoms with E-state index < -0.39 is 0 Å². The number of rotatable bonds is 2. The second-order valence-electron chi connectivity index (χ2n) is 4.76. The van der Waals surface area contributed by atoms with E-state index in [2.05, 4.69) is 4.68 Å². The van der Waals surface area contributed by atoms with Crippen LogP contribution in [0.5, 0.6) is 0 Å². The predicted octanol–water partition coefficient (Wildman–Crippen LogP) is 1.53. The Hall–Kier alpha value is -0.870. The molecule has 4 heteroatoms. The van der Waals surface area contributed by atoms with Crippen molar-refractivity contribution in [2.45, 2.75) is 51.3 Å². The Labute approximate surface area is 95.8 Å². The Morgan fingerprint density at radius 3 is 2.94 bits per heavy atom. The van der Waals surface area contributed by atoms with Gasteiger partial charge in [-0.2, -0.15) is 5.10 Å². The Kier molecular flexibility index (Phi) is 2.69. The van der Waals surface area contributed by atoms with Crippen LogP contribution in [0.4, 0.5) is 0 Å². The second-order valence-corrected chi connectivity index (χ2v) is 4.76. The van der Waals surface area contributed by atoms with Gasteiger partial charge in [0, 0.05) is 12.1 Å². The van der Waals surface area contributed by atoms with E-state index in [0.29, 0.717) is 19.2 Å². The van der Waals surface area contributed by atoms with E-state index >= 15 is 0 Å². The Morgan fingerprint density at radius 2 is 2.19 bits per heavy atom. The number of hydrogen-bond acceptors (Lipinski definition) is 3. The van der Waals surface area contributed by atoms with Crippen LogP contribution in [0.3, 0.4) is 0 Å². The van der Waals surface area contributed by atoms with Gasteiger partial charge in [0.1, 0.15) is 0 Å². The monoisotopic (exact) mass is 221 g/mol. The van der Waals surface area contributed by atoms with Crippen LogP contribution in [-0.2, 0) is 24.3 Å². The van der Waals surface area contributed by atoms with Gasteiger partial charge in [-0.15, -0.1) is 0 Å². The second kappa shape index (κ2) is 4.18. The van der Waals surface area contributed by atoms with Crippen molar-refractivity contribution in [1.82, 2.24) is 9.78 Å². The van der Waals surface area contributed by atoms with Crippen molar-refractivity contribution in [1.29, 1.82) is 0 Å². The molecule has 2 aliphatic rings. The number of aromatic nitrogens is 2. The molecule has 0 amide bonds. The van der Waals surface area contributed by atoms with Crippen LogP contribution in [0.2, 0.25) is 0 Å². The zero-order chi connectivity index (χ0) is 11.0. The Bertz CT molecular complexity index is 380. The fourth-order valence-corrected chi connectivity index (χ4v) is 2.97. The molecule has 1 fully saturated rings. The van der Waals surface area contributed by atoms with Crippen LogP contribution in [0, 0.1) is 0 Å². The van der Waals surface area contributed by atoms with Crippen LogP contribution < -0.4 is 5.73 Å². The van der Waals surface area contributed by atoms with Crippen LogP contribution in [0.1, 0.15) is 48.7 Å². The minimum absolute atomic E-state index is 0.587. The molecule has 2 N–H and O–H groups in total. The summed E-state index contributed by atoms with van der Waals surface area (Å²) in [6.07, 6.45) is 6.16. The summed E-state index contributed by atoms with van der Waals surface area (Å²) in [6.45, 7) is 2.09. The van der Waals surface area contributed by atoms with Crippen molar-refractivity contribution in [2.75, 3.05) is 6.61 Å². The van der Waals surface area contributed by atoms with Gasteiger partial charge in [-0.05, 0) is 19.3 Å². The number of nitrogens with two attached hydrogens (primary N) is 1. The minimum Gasteiger partial charge on any atom is -0.375 e. The van der Waals surface area contributed by atoms with E-state index in [1.54, 1.807) is 0 Å². The summed E-state index contributed by atoms with van der Waals surface area (Å²) in [5.74, 6) is 0. The first-order chi connectivity index (χ1) is 7.90. The predicted molar refractivity (Wildman–Crippen MR) is 61.0 cm³/mol. The smallest absolute Gasteiger partial charge is 0.0918 e. The average Bonchev–Trinajstić information content (AvgIpc) is 2.95. The highest BCUT2D eigenvalue weighted by molar-refractivity contribution is 5.28. The zero-order valence-electron chi connectivity index (χ0n) is 9.61. The van der Waals surface area contributed by atoms with E-state index in [0.717, 1.165) is 18.7 Å². The van der Waals surface area contributed by atoms with Gasteiger partial charge in [-0.25, -0.2) is 0 Å². The number of fused-ring (bicyclic) bond motifs is 1. The molecule has 0 saturated heterocycles. The Balaban J connectivity index is 1.99. The molecule has 4 nitrogen and oxygen atoms in total. The van der Waals surface area contributed by atoms with Gasteiger partial charge < -0.3 is 10.5 Å². The van der Waals surface area contributed by atoms with Crippen LogP contribution in [-0.4, -0.2) is 16.4 Å². The van der Waals surface area contributed by atoms with Crippen LogP contribution >= 0.6 is 0 Å². The molecule has 2 heterocycles. The first kappa shape index (κ1) is 10.3. The van der Waals surface area contributed by atoms with Crippen molar-refractivity contribution in [2.24, 2.45) is 5.73 Å². The molecule has 0 radical (unpaired) electrons. The van der Waals surface area contributed by atoms with E-state index in [4.69, 9.17) is 15.6 Å². The molecule has 1 aromatic heterocycles. The highest BCUT2D eigenvalue weighted by atomic mass is 16.5. The molecule has 0 aromatic carbocycles. The SMILES string of the molecule is NCc1c2c(nn1C1CCCC1)COCC2. The topological polar surface area (TPSA) is 53.1 Å². The summed E-state index contributed by atoms with van der Waals surface area (Å²) in [4.78, 5) is 0. The summed E-state index contributed by atoms with van der Waals surface area (Å²) < 4.78 is 7.66. The van der Waals surface area contributed by atoms with E-state index in [1.807, 2.05) is 0 Å². The first-order valence-electron chi connectivity index (χ1n) is 6.27. The van der Waals surface area contributed by atoms with Gasteiger partial charge in [0.2, 0.25) is 0 Å². The number of nitrogens with zero attached hydrogens (tertiary/aromatic N) is 2. The molecular formula is C12H19N3O. The highest BCUT2D eigenvalue weighted by Crippen LogP contribution is 2.32. The van der Waals surface area contributed by atoms with Gasteiger partial charge in [0.05, 0.1) is 30.6 Å². The summed E-state index contributed by atoms with van der Waals surface area (Å²) in [5.41, 5.74) is 9.63. The summed E-state index contributed by atoms with van der Waals surface area (Å²) in [6, 6.07) is 0.587. The summed E-state index contributed by atoms with van der Waals surface area (Å²) in [7, 11) is 0. The molecule has 1 aromatic rings. The Morgan fingerprint density at radius 1 is 1.38 bits per heavy atom. The number of hydrogen-bond donors (Lipinski definition) is 1. The lowest BCUT2D eigenvalue weighted by atomic mass is 10.1. The van der Waals surface area contributed by atoms with Gasteiger partial charge in [0.25, 0.3) is 0 Å². The van der Waals surface area contributed by atoms with Crippen molar-refractivity contribution in [3.8, 4) is 0 Å². The molecule has 0 atom stereocenters. The van der Waals surface area contributed by atoms with Crippen molar-refractivity contribution in [3.05, 3.63) is 17.0 Å². The van der Waals surface area contributed by atoms with Gasteiger partial charge in [-0.1, -0.05) is 12.8 Å². The van der Waals surface area contributed by atoms with E-state index in [9.17, 15) is 0 Å². The molecule has 1 aliphatic carbocycles. The van der Waals surface area contributed by atoms with E-state index in [1.165, 1.54) is 36.9 Å². The van der Waals surface area contributed by atoms with Gasteiger partial charge in [0.15, 0.2) is 0 Å². The molecule has 0 unspecified atom stereocenters. The molecule has 88 valence electrons. The van der Waals surface area contributed by atoms with Gasteiger partial charge in [-0.3, -0.25) is 4.68 Å². The maximum absolute atomic E-state index is 5.89. The molecular weight excluding hydrogens is 202 g/mol. The van der Waals surface area contributed by atoms with Crippen molar-refractivity contribution < 1.29 is 4.74 Å². The molecule has 1 saturated carbocycles. The highest BCUT2D eigenvalue weighted by Gasteiger charge is 2.25. The lowest BCUT2D eigenvalue weighted by molar-refractivity contribution is 0.107. The van der Waals surface area contributed by atoms with Crippen molar-refractivity contribution in [3.63, 3.8) is 0 Å². The third-order valence-corrected chi connectivity index (χ3v) is 3.80. The maximum atomic E-state index is 5.89. The fourth-order valence-electron chi connectivity index (χ4n) is 2.97. The van der Waals surface area contributed by atoms with Crippen LogP contribution in [0.15, 0.2) is 0 Å². The largest absolute Gasteiger partial charge is 0.375 e. The zero-order valence-corrected chi connectivity index (χ0v) is 9.61. The quantitative estimate of drug-likeness (QED) is 0.824. The average molecular weight is 221 g/mol. The first-order valence-corrected chi connectivity index (χ1v) is 6.27. The molecule has 0 spiro atoms. The minimum atomic E-state index is 0.587. The lowest BCUT2D eigenvalue weighted by Crippen LogP contribution is -2.15. The number of ether oxygens (including phenoxy) is 1. The lowest BCUT2D eigenvalue weighted by Gasteiger charge is -2.14. The van der Waals surface area contributed by atoms with Crippen molar-refractivity contribution >= 4 is 0 Å². The van der Waals surface area contributed by atoms with E-state index in [-0.39, 0.29) is 0 Å². The summed E-state index contributed by atoms with van der Waals surface area (Å²) >= 11 is 0. The molecule has 1 aliphatic heterocycles. The normalized spacial score (nSPS) is 21.3. The fraction of sp³-hybridized carbons (Fsp3) is 0.750. The standard InChI is InChI=1S/C12H19N3O/c13-7-12-10-5-6-16-8-11(10)14-15(12)9-3-1-2-4-9/h9H,1-8,13H2. The van der Waals surface area contributed by atoms with Gasteiger partial charge >= 0.3 is 0 Å². The summed E-state index contributed by atoms with van der Waals surface area (Å²) in [5, 5.41) is 4.72. The van der Waals surface area contributed by atoms with Crippen LogP contribution in [0.25, 0.3) is 0 Å². The molecule has 16 heavy (non-hydrogen) atoms.